The van der Waals surface area contributed by atoms with Crippen LogP contribution in [-0.2, 0) is 4.79 Å². The average Bonchev–Trinajstić information content (AvgIpc) is 2.90. The van der Waals surface area contributed by atoms with Crippen molar-refractivity contribution in [2.75, 3.05) is 19.5 Å². The molecule has 5 nitrogen and oxygen atoms in total. The van der Waals surface area contributed by atoms with Gasteiger partial charge in [-0.25, -0.2) is 4.98 Å². The molecule has 0 aliphatic rings. The number of anilines is 1. The van der Waals surface area contributed by atoms with Gasteiger partial charge in [-0.1, -0.05) is 0 Å². The summed E-state index contributed by atoms with van der Waals surface area (Å²) in [6.45, 7) is 1.92. The molecule has 1 aromatic carbocycles. The Hall–Kier alpha value is -2.34. The standard InChI is InChI=1S/C15H16N2O3S/c1-10-16-11(9-21-10)4-5-15(18)17-12-6-13(19-2)8-14(7-12)20-3/h4-9H,1-3H3,(H,17,18)/b5-4+. The van der Waals surface area contributed by atoms with E-state index in [1.54, 1.807) is 49.8 Å². The third kappa shape index (κ3) is 4.32. The van der Waals surface area contributed by atoms with Crippen molar-refractivity contribution in [1.82, 2.24) is 4.98 Å². The van der Waals surface area contributed by atoms with Gasteiger partial charge in [-0.3, -0.25) is 4.79 Å². The Morgan fingerprint density at radius 1 is 1.24 bits per heavy atom. The van der Waals surface area contributed by atoms with Gasteiger partial charge in [0.15, 0.2) is 0 Å². The first kappa shape index (κ1) is 15.1. The molecule has 1 amide bonds. The van der Waals surface area contributed by atoms with Crippen molar-refractivity contribution in [3.8, 4) is 11.5 Å². The molecule has 6 heteroatoms. The van der Waals surface area contributed by atoms with Gasteiger partial charge in [0.25, 0.3) is 0 Å². The summed E-state index contributed by atoms with van der Waals surface area (Å²) >= 11 is 1.54. The number of amides is 1. The van der Waals surface area contributed by atoms with E-state index in [4.69, 9.17) is 9.47 Å². The van der Waals surface area contributed by atoms with Gasteiger partial charge in [0, 0.05) is 35.3 Å². The van der Waals surface area contributed by atoms with Crippen LogP contribution in [0, 0.1) is 6.92 Å². The number of hydrogen-bond acceptors (Lipinski definition) is 5. The molecule has 0 radical (unpaired) electrons. The SMILES string of the molecule is COc1cc(NC(=O)/C=C/c2csc(C)n2)cc(OC)c1. The van der Waals surface area contributed by atoms with Gasteiger partial charge in [-0.15, -0.1) is 11.3 Å². The van der Waals surface area contributed by atoms with Crippen LogP contribution in [0.4, 0.5) is 5.69 Å². The molecule has 0 bridgehead atoms. The van der Waals surface area contributed by atoms with Crippen LogP contribution in [0.15, 0.2) is 29.7 Å². The minimum Gasteiger partial charge on any atom is -0.497 e. The number of aromatic nitrogens is 1. The fraction of sp³-hybridized carbons (Fsp3) is 0.200. The van der Waals surface area contributed by atoms with Crippen molar-refractivity contribution < 1.29 is 14.3 Å². The lowest BCUT2D eigenvalue weighted by molar-refractivity contribution is -0.111. The van der Waals surface area contributed by atoms with Gasteiger partial charge < -0.3 is 14.8 Å². The van der Waals surface area contributed by atoms with Gasteiger partial charge in [-0.2, -0.15) is 0 Å². The fourth-order valence-corrected chi connectivity index (χ4v) is 2.26. The normalized spacial score (nSPS) is 10.6. The number of aryl methyl sites for hydroxylation is 1. The Kier molecular flexibility index (Phi) is 4.94. The Morgan fingerprint density at radius 2 is 1.90 bits per heavy atom. The molecule has 0 saturated carbocycles. The lowest BCUT2D eigenvalue weighted by atomic mass is 10.2. The first-order chi connectivity index (χ1) is 10.1. The van der Waals surface area contributed by atoms with E-state index in [2.05, 4.69) is 10.3 Å². The number of thiazole rings is 1. The first-order valence-electron chi connectivity index (χ1n) is 6.25. The monoisotopic (exact) mass is 304 g/mol. The van der Waals surface area contributed by atoms with Crippen molar-refractivity contribution >= 4 is 29.0 Å². The van der Waals surface area contributed by atoms with Crippen molar-refractivity contribution in [1.29, 1.82) is 0 Å². The highest BCUT2D eigenvalue weighted by atomic mass is 32.1. The zero-order valence-electron chi connectivity index (χ0n) is 12.0. The Bertz CT molecular complexity index is 642. The van der Waals surface area contributed by atoms with E-state index < -0.39 is 0 Å². The summed E-state index contributed by atoms with van der Waals surface area (Å²) in [6.07, 6.45) is 3.12. The number of benzene rings is 1. The minimum atomic E-state index is -0.240. The van der Waals surface area contributed by atoms with Crippen molar-refractivity contribution in [3.05, 3.63) is 40.4 Å². The van der Waals surface area contributed by atoms with Crippen LogP contribution in [-0.4, -0.2) is 25.1 Å². The van der Waals surface area contributed by atoms with E-state index in [1.807, 2.05) is 12.3 Å². The molecular weight excluding hydrogens is 288 g/mol. The van der Waals surface area contributed by atoms with Crippen LogP contribution in [0.5, 0.6) is 11.5 Å². The zero-order valence-corrected chi connectivity index (χ0v) is 12.9. The maximum Gasteiger partial charge on any atom is 0.248 e. The average molecular weight is 304 g/mol. The highest BCUT2D eigenvalue weighted by Crippen LogP contribution is 2.25. The van der Waals surface area contributed by atoms with Crippen molar-refractivity contribution in [2.24, 2.45) is 0 Å². The van der Waals surface area contributed by atoms with E-state index in [-0.39, 0.29) is 5.91 Å². The van der Waals surface area contributed by atoms with E-state index in [0.717, 1.165) is 10.7 Å². The Morgan fingerprint density at radius 3 is 2.43 bits per heavy atom. The van der Waals surface area contributed by atoms with E-state index >= 15 is 0 Å². The maximum atomic E-state index is 11.9. The predicted molar refractivity (Wildman–Crippen MR) is 84.1 cm³/mol. The maximum absolute atomic E-state index is 11.9. The number of methoxy groups -OCH3 is 2. The summed E-state index contributed by atoms with van der Waals surface area (Å²) < 4.78 is 10.3. The molecule has 0 saturated heterocycles. The number of nitrogens with one attached hydrogen (secondary N) is 1. The van der Waals surface area contributed by atoms with Gasteiger partial charge in [0.2, 0.25) is 5.91 Å². The lowest BCUT2D eigenvalue weighted by Crippen LogP contribution is -2.08. The molecule has 1 aromatic heterocycles. The third-order valence-electron chi connectivity index (χ3n) is 2.66. The molecule has 110 valence electrons. The van der Waals surface area contributed by atoms with E-state index in [9.17, 15) is 4.79 Å². The van der Waals surface area contributed by atoms with E-state index in [1.165, 1.54) is 6.08 Å². The second-order valence-electron chi connectivity index (χ2n) is 4.22. The van der Waals surface area contributed by atoms with Gasteiger partial charge in [0.05, 0.1) is 24.9 Å². The van der Waals surface area contributed by atoms with Crippen LogP contribution in [0.25, 0.3) is 6.08 Å². The molecule has 21 heavy (non-hydrogen) atoms. The number of carbonyl (C=O) groups is 1. The molecular formula is C15H16N2O3S. The van der Waals surface area contributed by atoms with Gasteiger partial charge >= 0.3 is 0 Å². The van der Waals surface area contributed by atoms with Crippen LogP contribution in [0.3, 0.4) is 0 Å². The molecule has 1 heterocycles. The molecule has 0 fully saturated rings. The largest absolute Gasteiger partial charge is 0.497 e. The number of rotatable bonds is 5. The summed E-state index contributed by atoms with van der Waals surface area (Å²) in [5, 5.41) is 5.62. The van der Waals surface area contributed by atoms with Gasteiger partial charge in [-0.05, 0) is 13.0 Å². The zero-order chi connectivity index (χ0) is 15.2. The third-order valence-corrected chi connectivity index (χ3v) is 3.45. The molecule has 0 atom stereocenters. The highest BCUT2D eigenvalue weighted by Gasteiger charge is 2.04. The van der Waals surface area contributed by atoms with Crippen LogP contribution < -0.4 is 14.8 Å². The molecule has 0 aliphatic carbocycles. The van der Waals surface area contributed by atoms with Crippen LogP contribution in [0.1, 0.15) is 10.7 Å². The molecule has 2 rings (SSSR count). The topological polar surface area (TPSA) is 60.5 Å². The second-order valence-corrected chi connectivity index (χ2v) is 5.28. The van der Waals surface area contributed by atoms with E-state index in [0.29, 0.717) is 17.2 Å². The number of nitrogens with zero attached hydrogens (tertiary/aromatic N) is 1. The van der Waals surface area contributed by atoms with Crippen molar-refractivity contribution in [3.63, 3.8) is 0 Å². The highest BCUT2D eigenvalue weighted by molar-refractivity contribution is 7.09. The first-order valence-corrected chi connectivity index (χ1v) is 7.13. The smallest absolute Gasteiger partial charge is 0.248 e. The molecule has 0 unspecified atom stereocenters. The predicted octanol–water partition coefficient (Wildman–Crippen LogP) is 3.12. The summed E-state index contributed by atoms with van der Waals surface area (Å²) in [7, 11) is 3.12. The molecule has 1 N–H and O–H groups in total. The molecule has 0 spiro atoms. The molecule has 2 aromatic rings. The fourth-order valence-electron chi connectivity index (χ4n) is 1.68. The Balaban J connectivity index is 2.07. The summed E-state index contributed by atoms with van der Waals surface area (Å²) in [4.78, 5) is 16.1. The Labute approximate surface area is 127 Å². The lowest BCUT2D eigenvalue weighted by Gasteiger charge is -2.08. The number of ether oxygens (including phenoxy) is 2. The summed E-state index contributed by atoms with van der Waals surface area (Å²) in [6, 6.07) is 5.19. The summed E-state index contributed by atoms with van der Waals surface area (Å²) in [5.74, 6) is 0.989. The summed E-state index contributed by atoms with van der Waals surface area (Å²) in [5.41, 5.74) is 1.38. The van der Waals surface area contributed by atoms with Gasteiger partial charge in [0.1, 0.15) is 11.5 Å². The number of hydrogen-bond donors (Lipinski definition) is 1. The quantitative estimate of drug-likeness (QED) is 0.862. The number of carbonyl (C=O) groups excluding carboxylic acids is 1. The van der Waals surface area contributed by atoms with Crippen molar-refractivity contribution in [2.45, 2.75) is 6.92 Å². The molecule has 0 aliphatic heterocycles. The van der Waals surface area contributed by atoms with Crippen LogP contribution in [0.2, 0.25) is 0 Å². The second kappa shape index (κ2) is 6.90. The van der Waals surface area contributed by atoms with Crippen LogP contribution >= 0.6 is 11.3 Å². The minimum absolute atomic E-state index is 0.240.